The van der Waals surface area contributed by atoms with Gasteiger partial charge in [-0.1, -0.05) is 237 Å². The van der Waals surface area contributed by atoms with Crippen molar-refractivity contribution < 1.29 is 89.4 Å². The Morgan fingerprint density at radius 1 is 0.381 bits per heavy atom. The van der Waals surface area contributed by atoms with Crippen LogP contribution in [0.1, 0.15) is 219 Å². The Kier molecular flexibility index (Phi) is 51.7. The lowest BCUT2D eigenvalue weighted by atomic mass is 9.96. The van der Waals surface area contributed by atoms with Crippen LogP contribution in [0.15, 0.2) is 134 Å². The summed E-state index contributed by atoms with van der Waals surface area (Å²) in [6, 6.07) is -1.01. The highest BCUT2D eigenvalue weighted by molar-refractivity contribution is 5.76. The summed E-state index contributed by atoms with van der Waals surface area (Å²) < 4.78 is 34.3. The van der Waals surface area contributed by atoms with E-state index in [1.807, 2.05) is 6.08 Å². The van der Waals surface area contributed by atoms with Gasteiger partial charge in [0, 0.05) is 6.42 Å². The third-order valence-electron chi connectivity index (χ3n) is 17.4. The van der Waals surface area contributed by atoms with Crippen molar-refractivity contribution in [2.24, 2.45) is 0 Å². The number of aliphatic hydroxyl groups excluding tert-OH is 11. The zero-order valence-electron chi connectivity index (χ0n) is 58.7. The second kappa shape index (κ2) is 57.5. The predicted octanol–water partition coefficient (Wildman–Crippen LogP) is 10.9. The molecule has 3 fully saturated rings. The number of hydrogen-bond donors (Lipinski definition) is 12. The van der Waals surface area contributed by atoms with Crippen molar-refractivity contribution in [1.82, 2.24) is 5.32 Å². The van der Waals surface area contributed by atoms with Crippen LogP contribution in [0.4, 0.5) is 0 Å². The molecule has 3 aliphatic heterocycles. The average Bonchev–Trinajstić information content (AvgIpc) is 0.792. The molecule has 12 N–H and O–H groups in total. The molecule has 0 spiro atoms. The Morgan fingerprint density at radius 2 is 0.722 bits per heavy atom. The van der Waals surface area contributed by atoms with Crippen LogP contribution >= 0.6 is 0 Å². The van der Waals surface area contributed by atoms with E-state index in [-0.39, 0.29) is 18.9 Å². The van der Waals surface area contributed by atoms with Gasteiger partial charge in [-0.05, 0) is 109 Å². The summed E-state index contributed by atoms with van der Waals surface area (Å²) in [5.41, 5.74) is 0. The first-order valence-corrected chi connectivity index (χ1v) is 36.9. The molecule has 0 aromatic rings. The fraction of sp³-hybridized carbons (Fsp3) is 0.705. The molecule has 0 saturated carbocycles. The second-order valence-electron chi connectivity index (χ2n) is 25.6. The Balaban J connectivity index is 1.39. The molecule has 0 aromatic carbocycles. The minimum atomic E-state index is -1.99. The monoisotopic (exact) mass is 1370 g/mol. The molecule has 554 valence electrons. The summed E-state index contributed by atoms with van der Waals surface area (Å²) in [6.07, 6.45) is 54.3. The maximum Gasteiger partial charge on any atom is 0.220 e. The van der Waals surface area contributed by atoms with Crippen LogP contribution in [0, 0.1) is 0 Å². The van der Waals surface area contributed by atoms with E-state index in [4.69, 9.17) is 28.4 Å². The van der Waals surface area contributed by atoms with Gasteiger partial charge in [0.25, 0.3) is 0 Å². The smallest absolute Gasteiger partial charge is 0.220 e. The maximum atomic E-state index is 13.4. The summed E-state index contributed by atoms with van der Waals surface area (Å²) >= 11 is 0. The molecular formula is C78H129NO18. The number of aliphatic hydroxyl groups is 11. The first kappa shape index (κ1) is 87.1. The standard InChI is InChI=1S/C78H129NO18/c1-3-5-7-9-11-13-15-17-19-21-22-23-24-25-26-27-28-29-30-31-32-33-34-35-36-37-38-40-42-44-46-48-50-52-54-56-66(84)79-61(62(83)55-53-51-49-47-45-43-41-39-20-18-16-14-12-10-8-6-4-2)60-92-76-72(90)69(87)74(64(58-81)94-76)97-78-73(91)70(88)75(65(59-82)95-78)96-77-71(89)68(86)67(85)63(57-80)93-77/h5,7,11,13,17,19-20,22-23,25-26,28-29,31-32,34-35,39,45,47,53,55,61-65,67-78,80-83,85-91H,3-4,6,8-10,12,14-16,18,21,24,27,30,33,36-38,40-44,46,48-52,54,56-60H2,1-2H3,(H,79,84)/b7-5-,13-11-,19-17-,23-22-,26-25-,29-28-,32-31-,35-34-,39-20+,47-45+,55-53+. The Morgan fingerprint density at radius 3 is 1.15 bits per heavy atom. The molecular weight excluding hydrogens is 1240 g/mol. The SMILES string of the molecule is CC/C=C\C/C=C\C/C=C\C/C=C\C/C=C\C/C=C\C/C=C\C/C=C\CCCCCCCCCCCCC(=O)NC(COC1OC(CO)C(OC2OC(CO)C(OC3OC(CO)C(O)C(O)C3O)C(O)C2O)C(O)C1O)C(O)/C=C/CC/C=C/CC/C=C/CCCCCCCCC. The van der Waals surface area contributed by atoms with E-state index in [0.717, 1.165) is 109 Å². The van der Waals surface area contributed by atoms with Crippen LogP contribution < -0.4 is 5.32 Å². The lowest BCUT2D eigenvalue weighted by Gasteiger charge is -2.48. The molecule has 17 unspecified atom stereocenters. The van der Waals surface area contributed by atoms with E-state index in [1.54, 1.807) is 6.08 Å². The minimum Gasteiger partial charge on any atom is -0.394 e. The van der Waals surface area contributed by atoms with Gasteiger partial charge < -0.3 is 89.9 Å². The largest absolute Gasteiger partial charge is 0.394 e. The van der Waals surface area contributed by atoms with Crippen LogP contribution in [-0.4, -0.2) is 193 Å². The van der Waals surface area contributed by atoms with Crippen LogP contribution in [0.5, 0.6) is 0 Å². The van der Waals surface area contributed by atoms with Crippen molar-refractivity contribution in [3.63, 3.8) is 0 Å². The van der Waals surface area contributed by atoms with E-state index in [2.05, 4.69) is 141 Å². The summed E-state index contributed by atoms with van der Waals surface area (Å²) in [6.45, 7) is 1.56. The predicted molar refractivity (Wildman–Crippen MR) is 383 cm³/mol. The third kappa shape index (κ3) is 38.5. The number of amides is 1. The van der Waals surface area contributed by atoms with Gasteiger partial charge in [0.2, 0.25) is 5.91 Å². The van der Waals surface area contributed by atoms with Crippen molar-refractivity contribution >= 4 is 5.91 Å². The van der Waals surface area contributed by atoms with Crippen LogP contribution in [0.3, 0.4) is 0 Å². The lowest BCUT2D eigenvalue weighted by molar-refractivity contribution is -0.379. The van der Waals surface area contributed by atoms with Crippen molar-refractivity contribution in [2.45, 2.75) is 324 Å². The number of carbonyl (C=O) groups is 1. The van der Waals surface area contributed by atoms with Gasteiger partial charge >= 0.3 is 0 Å². The van der Waals surface area contributed by atoms with Gasteiger partial charge in [0.15, 0.2) is 18.9 Å². The van der Waals surface area contributed by atoms with Gasteiger partial charge in [-0.25, -0.2) is 0 Å². The molecule has 3 rings (SSSR count). The number of hydrogen-bond acceptors (Lipinski definition) is 18. The van der Waals surface area contributed by atoms with Crippen molar-refractivity contribution in [1.29, 1.82) is 0 Å². The Labute approximate surface area is 581 Å². The quantitative estimate of drug-likeness (QED) is 0.0199. The molecule has 19 nitrogen and oxygen atoms in total. The van der Waals surface area contributed by atoms with E-state index < -0.39 is 124 Å². The number of rotatable bonds is 55. The number of allylic oxidation sites excluding steroid dienone is 21. The number of nitrogens with one attached hydrogen (secondary N) is 1. The average molecular weight is 1370 g/mol. The number of ether oxygens (including phenoxy) is 6. The topological polar surface area (TPSA) is 307 Å². The fourth-order valence-corrected chi connectivity index (χ4v) is 11.5. The van der Waals surface area contributed by atoms with E-state index >= 15 is 0 Å². The normalized spacial score (nSPS) is 27.7. The van der Waals surface area contributed by atoms with Gasteiger partial charge in [-0.2, -0.15) is 0 Å². The summed E-state index contributed by atoms with van der Waals surface area (Å²) in [7, 11) is 0. The van der Waals surface area contributed by atoms with Crippen molar-refractivity contribution in [3.05, 3.63) is 134 Å². The van der Waals surface area contributed by atoms with Gasteiger partial charge in [-0.3, -0.25) is 4.79 Å². The molecule has 3 aliphatic rings. The highest BCUT2D eigenvalue weighted by atomic mass is 16.8. The molecule has 3 heterocycles. The Bertz CT molecular complexity index is 2280. The molecule has 0 radical (unpaired) electrons. The van der Waals surface area contributed by atoms with Crippen LogP contribution in [0.25, 0.3) is 0 Å². The fourth-order valence-electron chi connectivity index (χ4n) is 11.5. The molecule has 1 amide bonds. The molecule has 3 saturated heterocycles. The highest BCUT2D eigenvalue weighted by Gasteiger charge is 2.53. The van der Waals surface area contributed by atoms with Crippen molar-refractivity contribution in [3.8, 4) is 0 Å². The van der Waals surface area contributed by atoms with Crippen LogP contribution in [0.2, 0.25) is 0 Å². The molecule has 0 bridgehead atoms. The zero-order chi connectivity index (χ0) is 70.4. The highest BCUT2D eigenvalue weighted by Crippen LogP contribution is 2.33. The summed E-state index contributed by atoms with van der Waals surface area (Å²) in [4.78, 5) is 13.4. The first-order valence-electron chi connectivity index (χ1n) is 36.9. The molecule has 0 aliphatic carbocycles. The molecule has 97 heavy (non-hydrogen) atoms. The number of carbonyl (C=O) groups excluding carboxylic acids is 1. The summed E-state index contributed by atoms with van der Waals surface area (Å²) in [5.74, 6) is -0.300. The molecule has 19 heteroatoms. The number of unbranched alkanes of at least 4 members (excludes halogenated alkanes) is 19. The first-order chi connectivity index (χ1) is 47.3. The van der Waals surface area contributed by atoms with Crippen LogP contribution in [-0.2, 0) is 33.2 Å². The van der Waals surface area contributed by atoms with Crippen molar-refractivity contribution in [2.75, 3.05) is 26.4 Å². The van der Waals surface area contributed by atoms with Gasteiger partial charge in [-0.15, -0.1) is 0 Å². The van der Waals surface area contributed by atoms with Gasteiger partial charge in [0.1, 0.15) is 73.2 Å². The zero-order valence-corrected chi connectivity index (χ0v) is 58.7. The Hall–Kier alpha value is -4.07. The van der Waals surface area contributed by atoms with E-state index in [9.17, 15) is 61.0 Å². The van der Waals surface area contributed by atoms with E-state index in [1.165, 1.54) is 77.0 Å². The lowest BCUT2D eigenvalue weighted by Crippen LogP contribution is -2.66. The summed E-state index contributed by atoms with van der Waals surface area (Å²) in [5, 5.41) is 121. The van der Waals surface area contributed by atoms with E-state index in [0.29, 0.717) is 12.8 Å². The third-order valence-corrected chi connectivity index (χ3v) is 17.4. The molecule has 0 aromatic heterocycles. The maximum absolute atomic E-state index is 13.4. The molecule has 17 atom stereocenters. The van der Waals surface area contributed by atoms with Gasteiger partial charge in [0.05, 0.1) is 38.6 Å². The second-order valence-corrected chi connectivity index (χ2v) is 25.6. The minimum absolute atomic E-state index is 0.218.